The maximum Gasteiger partial charge on any atom is 0.0177 e. The van der Waals surface area contributed by atoms with Crippen LogP contribution in [0.25, 0.3) is 0 Å². The molecule has 1 saturated carbocycles. The van der Waals surface area contributed by atoms with Crippen LogP contribution in [0.1, 0.15) is 31.7 Å². The smallest absolute Gasteiger partial charge is 0.0177 e. The Hall–Kier alpha value is -0.340. The molecule has 1 fully saturated rings. The average Bonchev–Trinajstić information content (AvgIpc) is 2.96. The molecule has 1 atom stereocenters. The van der Waals surface area contributed by atoms with Crippen LogP contribution in [0.15, 0.2) is 28.7 Å². The van der Waals surface area contributed by atoms with E-state index in [2.05, 4.69) is 47.1 Å². The zero-order valence-corrected chi connectivity index (χ0v) is 10.8. The van der Waals surface area contributed by atoms with Crippen molar-refractivity contribution in [2.75, 3.05) is 0 Å². The van der Waals surface area contributed by atoms with Gasteiger partial charge in [0.2, 0.25) is 0 Å². The number of benzene rings is 1. The van der Waals surface area contributed by atoms with Gasteiger partial charge in [-0.15, -0.1) is 0 Å². The van der Waals surface area contributed by atoms with E-state index < -0.39 is 0 Å². The molecule has 0 aliphatic heterocycles. The molecule has 2 N–H and O–H groups in total. The highest BCUT2D eigenvalue weighted by molar-refractivity contribution is 9.10. The maximum atomic E-state index is 6.02. The van der Waals surface area contributed by atoms with Crippen LogP contribution >= 0.6 is 15.9 Å². The van der Waals surface area contributed by atoms with E-state index in [1.165, 1.54) is 29.3 Å². The Labute approximate surface area is 100 Å². The fourth-order valence-electron chi connectivity index (χ4n) is 2.18. The molecule has 2 heteroatoms. The van der Waals surface area contributed by atoms with Crippen molar-refractivity contribution in [2.45, 2.75) is 38.6 Å². The minimum atomic E-state index is 0.352. The Morgan fingerprint density at radius 3 is 2.73 bits per heavy atom. The summed E-state index contributed by atoms with van der Waals surface area (Å²) in [5.74, 6) is 0. The molecule has 2 rings (SSSR count). The summed E-state index contributed by atoms with van der Waals surface area (Å²) in [6, 6.07) is 8.93. The Morgan fingerprint density at radius 1 is 1.47 bits per heavy atom. The van der Waals surface area contributed by atoms with E-state index in [4.69, 9.17) is 5.73 Å². The van der Waals surface area contributed by atoms with E-state index in [9.17, 15) is 0 Å². The van der Waals surface area contributed by atoms with E-state index in [0.29, 0.717) is 11.5 Å². The molecule has 0 aromatic heterocycles. The van der Waals surface area contributed by atoms with Gasteiger partial charge in [-0.2, -0.15) is 0 Å². The standard InChI is InChI=1S/C13H18BrN/c1-10(15)13(7-8-13)6-5-11-3-2-4-12(14)9-11/h2-4,9-10H,5-8,15H2,1H3. The minimum Gasteiger partial charge on any atom is -0.327 e. The second-order valence-corrected chi connectivity index (χ2v) is 5.70. The van der Waals surface area contributed by atoms with Crippen LogP contribution in [0, 0.1) is 5.41 Å². The van der Waals surface area contributed by atoms with Gasteiger partial charge in [0.05, 0.1) is 0 Å². The van der Waals surface area contributed by atoms with Crippen molar-refractivity contribution in [3.8, 4) is 0 Å². The molecule has 0 saturated heterocycles. The maximum absolute atomic E-state index is 6.02. The van der Waals surface area contributed by atoms with E-state index in [1.54, 1.807) is 0 Å². The molecule has 15 heavy (non-hydrogen) atoms. The van der Waals surface area contributed by atoms with Crippen LogP contribution in [-0.4, -0.2) is 6.04 Å². The first-order valence-electron chi connectivity index (χ1n) is 5.62. The second-order valence-electron chi connectivity index (χ2n) is 4.78. The Kier molecular flexibility index (Phi) is 3.17. The van der Waals surface area contributed by atoms with Crippen LogP contribution in [0.3, 0.4) is 0 Å². The van der Waals surface area contributed by atoms with Crippen molar-refractivity contribution in [3.05, 3.63) is 34.3 Å². The van der Waals surface area contributed by atoms with Gasteiger partial charge in [-0.1, -0.05) is 28.1 Å². The van der Waals surface area contributed by atoms with Gasteiger partial charge >= 0.3 is 0 Å². The number of rotatable bonds is 4. The average molecular weight is 268 g/mol. The number of hydrogen-bond donors (Lipinski definition) is 1. The van der Waals surface area contributed by atoms with Crippen LogP contribution in [-0.2, 0) is 6.42 Å². The molecular formula is C13H18BrN. The zero-order valence-electron chi connectivity index (χ0n) is 9.17. The second kappa shape index (κ2) is 4.26. The number of nitrogens with two attached hydrogens (primary N) is 1. The summed E-state index contributed by atoms with van der Waals surface area (Å²) >= 11 is 3.50. The third-order valence-corrected chi connectivity index (χ3v) is 4.15. The third kappa shape index (κ3) is 2.61. The van der Waals surface area contributed by atoms with E-state index >= 15 is 0 Å². The summed E-state index contributed by atoms with van der Waals surface area (Å²) in [6.07, 6.45) is 5.03. The highest BCUT2D eigenvalue weighted by atomic mass is 79.9. The molecule has 1 nitrogen and oxygen atoms in total. The van der Waals surface area contributed by atoms with Crippen LogP contribution in [0.2, 0.25) is 0 Å². The quantitative estimate of drug-likeness (QED) is 0.888. The molecule has 1 aliphatic rings. The largest absolute Gasteiger partial charge is 0.327 e. The highest BCUT2D eigenvalue weighted by Crippen LogP contribution is 2.51. The summed E-state index contributed by atoms with van der Waals surface area (Å²) in [5.41, 5.74) is 7.89. The van der Waals surface area contributed by atoms with Crippen molar-refractivity contribution < 1.29 is 0 Å². The molecule has 0 bridgehead atoms. The molecule has 1 aromatic rings. The van der Waals surface area contributed by atoms with Crippen molar-refractivity contribution in [3.63, 3.8) is 0 Å². The van der Waals surface area contributed by atoms with Crippen molar-refractivity contribution in [2.24, 2.45) is 11.1 Å². The summed E-state index contributed by atoms with van der Waals surface area (Å²) < 4.78 is 1.17. The van der Waals surface area contributed by atoms with E-state index in [-0.39, 0.29) is 0 Å². The van der Waals surface area contributed by atoms with Gasteiger partial charge in [0.15, 0.2) is 0 Å². The Balaban J connectivity index is 1.94. The van der Waals surface area contributed by atoms with Gasteiger partial charge in [-0.05, 0) is 55.7 Å². The zero-order chi connectivity index (χ0) is 10.9. The Bertz CT molecular complexity index is 342. The highest BCUT2D eigenvalue weighted by Gasteiger charge is 2.44. The Morgan fingerprint density at radius 2 is 2.20 bits per heavy atom. The molecule has 0 spiro atoms. The predicted molar refractivity (Wildman–Crippen MR) is 67.8 cm³/mol. The summed E-state index contributed by atoms with van der Waals surface area (Å²) in [5, 5.41) is 0. The summed E-state index contributed by atoms with van der Waals surface area (Å²) in [6.45, 7) is 2.15. The summed E-state index contributed by atoms with van der Waals surface area (Å²) in [7, 11) is 0. The van der Waals surface area contributed by atoms with Gasteiger partial charge in [0, 0.05) is 10.5 Å². The van der Waals surface area contributed by atoms with E-state index in [0.717, 1.165) is 6.42 Å². The number of halogens is 1. The molecule has 0 heterocycles. The monoisotopic (exact) mass is 267 g/mol. The SMILES string of the molecule is CC(N)C1(CCc2cccc(Br)c2)CC1. The first kappa shape index (κ1) is 11.2. The lowest BCUT2D eigenvalue weighted by Crippen LogP contribution is -2.28. The molecule has 82 valence electrons. The summed E-state index contributed by atoms with van der Waals surface area (Å²) in [4.78, 5) is 0. The lowest BCUT2D eigenvalue weighted by Gasteiger charge is -2.19. The van der Waals surface area contributed by atoms with Crippen molar-refractivity contribution in [1.82, 2.24) is 0 Å². The predicted octanol–water partition coefficient (Wildman–Crippen LogP) is 3.51. The van der Waals surface area contributed by atoms with Gasteiger partial charge in [0.1, 0.15) is 0 Å². The fraction of sp³-hybridized carbons (Fsp3) is 0.538. The minimum absolute atomic E-state index is 0.352. The first-order chi connectivity index (χ1) is 7.12. The normalized spacial score (nSPS) is 19.9. The van der Waals surface area contributed by atoms with Crippen LogP contribution in [0.4, 0.5) is 0 Å². The van der Waals surface area contributed by atoms with Gasteiger partial charge < -0.3 is 5.73 Å². The van der Waals surface area contributed by atoms with Crippen molar-refractivity contribution >= 4 is 15.9 Å². The molecular weight excluding hydrogens is 250 g/mol. The number of hydrogen-bond acceptors (Lipinski definition) is 1. The third-order valence-electron chi connectivity index (χ3n) is 3.66. The lowest BCUT2D eigenvalue weighted by molar-refractivity contribution is 0.390. The topological polar surface area (TPSA) is 26.0 Å². The van der Waals surface area contributed by atoms with Crippen LogP contribution < -0.4 is 5.73 Å². The van der Waals surface area contributed by atoms with Crippen molar-refractivity contribution in [1.29, 1.82) is 0 Å². The molecule has 1 aliphatic carbocycles. The van der Waals surface area contributed by atoms with Crippen LogP contribution in [0.5, 0.6) is 0 Å². The van der Waals surface area contributed by atoms with Gasteiger partial charge in [0.25, 0.3) is 0 Å². The fourth-order valence-corrected chi connectivity index (χ4v) is 2.63. The lowest BCUT2D eigenvalue weighted by atomic mass is 9.91. The molecule has 0 radical (unpaired) electrons. The van der Waals surface area contributed by atoms with E-state index in [1.807, 2.05) is 0 Å². The molecule has 0 amide bonds. The first-order valence-corrected chi connectivity index (χ1v) is 6.42. The van der Waals surface area contributed by atoms with Gasteiger partial charge in [-0.3, -0.25) is 0 Å². The van der Waals surface area contributed by atoms with Gasteiger partial charge in [-0.25, -0.2) is 0 Å². The number of aryl methyl sites for hydroxylation is 1. The molecule has 1 aromatic carbocycles. The molecule has 1 unspecified atom stereocenters.